The van der Waals surface area contributed by atoms with E-state index in [1.165, 1.54) is 16.3 Å². The van der Waals surface area contributed by atoms with E-state index < -0.39 is 0 Å². The van der Waals surface area contributed by atoms with Crippen LogP contribution in [-0.4, -0.2) is 4.57 Å². The average Bonchev–Trinajstić information content (AvgIpc) is 3.63. The van der Waals surface area contributed by atoms with Crippen LogP contribution in [0.1, 0.15) is 0 Å². The number of nitrogens with zero attached hydrogens (tertiary/aromatic N) is 1. The van der Waals surface area contributed by atoms with E-state index in [0.717, 1.165) is 72.2 Å². The summed E-state index contributed by atoms with van der Waals surface area (Å²) in [6, 6.07) is 55.6. The van der Waals surface area contributed by atoms with Crippen molar-refractivity contribution < 1.29 is 4.42 Å². The number of rotatable bonds is 4. The lowest BCUT2D eigenvalue weighted by Gasteiger charge is -2.20. The van der Waals surface area contributed by atoms with Crippen LogP contribution in [0.5, 0.6) is 0 Å². The van der Waals surface area contributed by atoms with E-state index in [2.05, 4.69) is 150 Å². The number of aromatic nitrogens is 1. The van der Waals surface area contributed by atoms with Crippen LogP contribution < -0.4 is 5.73 Å². The highest BCUT2D eigenvalue weighted by molar-refractivity contribution is 6.12. The number of benzene rings is 7. The molecule has 0 spiro atoms. The second kappa shape index (κ2) is 10.0. The van der Waals surface area contributed by atoms with Crippen molar-refractivity contribution in [3.63, 3.8) is 0 Å². The van der Waals surface area contributed by atoms with Crippen LogP contribution in [-0.2, 0) is 0 Å². The quantitative estimate of drug-likeness (QED) is 0.212. The molecule has 2 heterocycles. The predicted molar refractivity (Wildman–Crippen MR) is 189 cm³/mol. The highest BCUT2D eigenvalue weighted by atomic mass is 16.3. The lowest BCUT2D eigenvalue weighted by Crippen LogP contribution is -2.02. The van der Waals surface area contributed by atoms with Gasteiger partial charge in [0.15, 0.2) is 0 Å². The first-order valence-electron chi connectivity index (χ1n) is 15.2. The van der Waals surface area contributed by atoms with Crippen LogP contribution in [0.4, 0.5) is 5.69 Å². The number of fused-ring (bicyclic) bond motifs is 6. The molecule has 0 atom stereocenters. The van der Waals surface area contributed by atoms with Crippen molar-refractivity contribution in [1.82, 2.24) is 4.57 Å². The SMILES string of the molecule is Nc1cc(-c2ccccc2)c(-n2c3ccccc3c3cc(-c4ccc5oc6ccccc6c5c4)ccc32)c(-c2ccccc2)c1. The van der Waals surface area contributed by atoms with Gasteiger partial charge in [-0.2, -0.15) is 0 Å². The molecular formula is C42H28N2O. The van der Waals surface area contributed by atoms with Gasteiger partial charge in [0, 0.05) is 38.4 Å². The van der Waals surface area contributed by atoms with Crippen LogP contribution in [0.15, 0.2) is 162 Å². The number of nitrogen functional groups attached to an aromatic ring is 1. The van der Waals surface area contributed by atoms with Crippen molar-refractivity contribution in [1.29, 1.82) is 0 Å². The second-order valence-corrected chi connectivity index (χ2v) is 11.6. The van der Waals surface area contributed by atoms with Gasteiger partial charge in [0.25, 0.3) is 0 Å². The summed E-state index contributed by atoms with van der Waals surface area (Å²) in [6.45, 7) is 0. The van der Waals surface area contributed by atoms with Crippen molar-refractivity contribution in [3.05, 3.63) is 158 Å². The van der Waals surface area contributed by atoms with E-state index in [1.807, 2.05) is 12.1 Å². The molecule has 0 saturated carbocycles. The summed E-state index contributed by atoms with van der Waals surface area (Å²) in [5.41, 5.74) is 19.4. The molecule has 45 heavy (non-hydrogen) atoms. The maximum absolute atomic E-state index is 6.62. The maximum Gasteiger partial charge on any atom is 0.135 e. The molecule has 9 aromatic rings. The zero-order valence-corrected chi connectivity index (χ0v) is 24.4. The zero-order chi connectivity index (χ0) is 29.9. The molecule has 0 amide bonds. The highest BCUT2D eigenvalue weighted by Crippen LogP contribution is 2.43. The van der Waals surface area contributed by atoms with Gasteiger partial charge in [-0.25, -0.2) is 0 Å². The van der Waals surface area contributed by atoms with E-state index >= 15 is 0 Å². The van der Waals surface area contributed by atoms with Crippen LogP contribution in [0.25, 0.3) is 82.8 Å². The van der Waals surface area contributed by atoms with Crippen molar-refractivity contribution >= 4 is 49.4 Å². The Kier molecular flexibility index (Phi) is 5.66. The summed E-state index contributed by atoms with van der Waals surface area (Å²) in [5, 5.41) is 4.68. The number of furan rings is 1. The molecule has 2 N–H and O–H groups in total. The van der Waals surface area contributed by atoms with Gasteiger partial charge < -0.3 is 14.7 Å². The molecule has 212 valence electrons. The monoisotopic (exact) mass is 576 g/mol. The molecule has 0 fully saturated rings. The third-order valence-corrected chi connectivity index (χ3v) is 8.91. The zero-order valence-electron chi connectivity index (χ0n) is 24.4. The Hall–Kier alpha value is -6.06. The molecule has 7 aromatic carbocycles. The number of anilines is 1. The number of hydrogen-bond acceptors (Lipinski definition) is 2. The van der Waals surface area contributed by atoms with Crippen molar-refractivity contribution in [3.8, 4) is 39.1 Å². The maximum atomic E-state index is 6.62. The lowest BCUT2D eigenvalue weighted by atomic mass is 9.94. The molecule has 0 aliphatic heterocycles. The predicted octanol–water partition coefficient (Wildman–Crippen LogP) is 11.3. The smallest absolute Gasteiger partial charge is 0.135 e. The average molecular weight is 577 g/mol. The Morgan fingerprint density at radius 1 is 0.400 bits per heavy atom. The van der Waals surface area contributed by atoms with E-state index in [-0.39, 0.29) is 0 Å². The Morgan fingerprint density at radius 2 is 0.933 bits per heavy atom. The minimum Gasteiger partial charge on any atom is -0.456 e. The topological polar surface area (TPSA) is 44.1 Å². The van der Waals surface area contributed by atoms with Crippen LogP contribution in [0.3, 0.4) is 0 Å². The van der Waals surface area contributed by atoms with Gasteiger partial charge in [-0.3, -0.25) is 0 Å². The fraction of sp³-hybridized carbons (Fsp3) is 0. The van der Waals surface area contributed by atoms with Gasteiger partial charge in [0.1, 0.15) is 11.2 Å². The standard InChI is InChI=1S/C42H28N2O/c43-31-25-34(27-11-3-1-4-12-27)42(35(26-31)28-13-5-2-6-14-28)44-38-17-9-7-15-32(38)36-23-29(19-21-39(36)44)30-20-22-41-37(24-30)33-16-8-10-18-40(33)45-41/h1-26H,43H2. The van der Waals surface area contributed by atoms with Crippen molar-refractivity contribution in [2.24, 2.45) is 0 Å². The minimum atomic E-state index is 0.738. The fourth-order valence-corrected chi connectivity index (χ4v) is 6.87. The summed E-state index contributed by atoms with van der Waals surface area (Å²) in [4.78, 5) is 0. The molecule has 0 bridgehead atoms. The summed E-state index contributed by atoms with van der Waals surface area (Å²) in [7, 11) is 0. The second-order valence-electron chi connectivity index (χ2n) is 11.6. The van der Waals surface area contributed by atoms with Gasteiger partial charge >= 0.3 is 0 Å². The van der Waals surface area contributed by atoms with E-state index in [0.29, 0.717) is 0 Å². The van der Waals surface area contributed by atoms with E-state index in [1.54, 1.807) is 0 Å². The summed E-state index contributed by atoms with van der Waals surface area (Å²) < 4.78 is 8.54. The Balaban J connectivity index is 1.34. The van der Waals surface area contributed by atoms with E-state index in [4.69, 9.17) is 10.2 Å². The molecule has 3 heteroatoms. The molecular weight excluding hydrogens is 548 g/mol. The van der Waals surface area contributed by atoms with Crippen LogP contribution in [0.2, 0.25) is 0 Å². The Bertz CT molecular complexity index is 2480. The van der Waals surface area contributed by atoms with Gasteiger partial charge in [-0.1, -0.05) is 109 Å². The molecule has 0 saturated heterocycles. The first-order chi connectivity index (χ1) is 22.2. The summed E-state index contributed by atoms with van der Waals surface area (Å²) in [5.74, 6) is 0. The number of para-hydroxylation sites is 2. The molecule has 0 unspecified atom stereocenters. The third kappa shape index (κ3) is 4.05. The van der Waals surface area contributed by atoms with Gasteiger partial charge in [0.05, 0.1) is 16.7 Å². The molecule has 3 nitrogen and oxygen atoms in total. The largest absolute Gasteiger partial charge is 0.456 e. The van der Waals surface area contributed by atoms with Crippen LogP contribution >= 0.6 is 0 Å². The van der Waals surface area contributed by atoms with Crippen LogP contribution in [0, 0.1) is 0 Å². The lowest BCUT2D eigenvalue weighted by molar-refractivity contribution is 0.669. The molecule has 0 radical (unpaired) electrons. The van der Waals surface area contributed by atoms with Gasteiger partial charge in [-0.15, -0.1) is 0 Å². The van der Waals surface area contributed by atoms with Crippen molar-refractivity contribution in [2.45, 2.75) is 0 Å². The highest BCUT2D eigenvalue weighted by Gasteiger charge is 2.21. The molecule has 9 rings (SSSR count). The third-order valence-electron chi connectivity index (χ3n) is 8.91. The number of nitrogens with two attached hydrogens (primary N) is 1. The normalized spacial score (nSPS) is 11.6. The fourth-order valence-electron chi connectivity index (χ4n) is 6.87. The number of hydrogen-bond donors (Lipinski definition) is 1. The Morgan fingerprint density at radius 3 is 1.64 bits per heavy atom. The summed E-state index contributed by atoms with van der Waals surface area (Å²) in [6.07, 6.45) is 0. The first-order valence-corrected chi connectivity index (χ1v) is 15.2. The van der Waals surface area contributed by atoms with Gasteiger partial charge in [-0.05, 0) is 70.8 Å². The van der Waals surface area contributed by atoms with E-state index in [9.17, 15) is 0 Å². The van der Waals surface area contributed by atoms with Gasteiger partial charge in [0.2, 0.25) is 0 Å². The molecule has 0 aliphatic carbocycles. The molecule has 2 aromatic heterocycles. The Labute approximate surface area is 260 Å². The van der Waals surface area contributed by atoms with Crippen molar-refractivity contribution in [2.75, 3.05) is 5.73 Å². The minimum absolute atomic E-state index is 0.738. The first kappa shape index (κ1) is 25.4. The summed E-state index contributed by atoms with van der Waals surface area (Å²) >= 11 is 0. The molecule has 0 aliphatic rings.